The number of phenolic OH excluding ortho intramolecular Hbond substituents is 1. The van der Waals surface area contributed by atoms with Crippen molar-refractivity contribution in [3.63, 3.8) is 0 Å². The number of aromatic hydroxyl groups is 1. The van der Waals surface area contributed by atoms with Crippen LogP contribution in [-0.2, 0) is 0 Å². The predicted molar refractivity (Wildman–Crippen MR) is 72.8 cm³/mol. The Hall–Kier alpha value is -1.88. The molecule has 0 aliphatic rings. The number of benzene rings is 1. The first-order chi connectivity index (χ1) is 8.59. The van der Waals surface area contributed by atoms with Gasteiger partial charge in [0.05, 0.1) is 5.56 Å². The van der Waals surface area contributed by atoms with E-state index in [1.807, 2.05) is 0 Å². The number of rotatable bonds is 2. The van der Waals surface area contributed by atoms with Gasteiger partial charge in [0, 0.05) is 25.0 Å². The van der Waals surface area contributed by atoms with Crippen LogP contribution in [0.25, 0.3) is 0 Å². The van der Waals surface area contributed by atoms with Crippen molar-refractivity contribution < 1.29 is 9.90 Å². The molecule has 0 saturated heterocycles. The first-order valence-corrected chi connectivity index (χ1v) is 6.06. The molecule has 1 amide bonds. The summed E-state index contributed by atoms with van der Waals surface area (Å²) < 4.78 is 0.502. The molecule has 18 heavy (non-hydrogen) atoms. The highest BCUT2D eigenvalue weighted by Gasteiger charge is 2.16. The summed E-state index contributed by atoms with van der Waals surface area (Å²) in [5.74, 6) is -0.0713. The van der Waals surface area contributed by atoms with Gasteiger partial charge in [-0.05, 0) is 40.2 Å². The van der Waals surface area contributed by atoms with Crippen LogP contribution >= 0.6 is 15.9 Å². The second-order valence-electron chi connectivity index (χ2n) is 3.73. The number of pyridine rings is 1. The van der Waals surface area contributed by atoms with E-state index in [2.05, 4.69) is 20.9 Å². The Balaban J connectivity index is 2.32. The molecule has 1 aromatic carbocycles. The number of aromatic nitrogens is 1. The number of hydrogen-bond donors (Lipinski definition) is 1. The van der Waals surface area contributed by atoms with Gasteiger partial charge in [-0.2, -0.15) is 0 Å². The average Bonchev–Trinajstić information content (AvgIpc) is 2.37. The molecular formula is C13H11BrN2O2. The molecule has 0 radical (unpaired) electrons. The molecule has 1 N–H and O–H groups in total. The Kier molecular flexibility index (Phi) is 3.62. The average molecular weight is 307 g/mol. The smallest absolute Gasteiger partial charge is 0.260 e. The molecule has 0 fully saturated rings. The lowest BCUT2D eigenvalue weighted by Crippen LogP contribution is -2.26. The third-order valence-electron chi connectivity index (χ3n) is 2.51. The molecule has 1 heterocycles. The zero-order chi connectivity index (χ0) is 13.1. The van der Waals surface area contributed by atoms with Crippen molar-refractivity contribution in [3.05, 3.63) is 52.8 Å². The quantitative estimate of drug-likeness (QED) is 0.868. The highest BCUT2D eigenvalue weighted by molar-refractivity contribution is 9.10. The predicted octanol–water partition coefficient (Wildman–Crippen LogP) is 2.83. The first kappa shape index (κ1) is 12.6. The Morgan fingerprint density at radius 1 is 1.33 bits per heavy atom. The number of anilines is 1. The lowest BCUT2D eigenvalue weighted by molar-refractivity contribution is 0.0992. The van der Waals surface area contributed by atoms with Gasteiger partial charge in [0.1, 0.15) is 10.4 Å². The molecule has 0 atom stereocenters. The monoisotopic (exact) mass is 306 g/mol. The normalized spacial score (nSPS) is 10.1. The molecule has 5 heteroatoms. The maximum absolute atomic E-state index is 12.3. The van der Waals surface area contributed by atoms with Crippen LogP contribution in [0.2, 0.25) is 0 Å². The summed E-state index contributed by atoms with van der Waals surface area (Å²) in [6, 6.07) is 9.92. The van der Waals surface area contributed by atoms with Crippen LogP contribution < -0.4 is 4.90 Å². The standard InChI is InChI=1S/C13H11BrN2O2/c1-16(9-4-2-5-10(17)8-9)13(18)11-6-3-7-15-12(11)14/h2-8,17H,1H3. The largest absolute Gasteiger partial charge is 0.508 e. The van der Waals surface area contributed by atoms with E-state index in [-0.39, 0.29) is 11.7 Å². The Labute approximate surface area is 113 Å². The molecule has 0 unspecified atom stereocenters. The summed E-state index contributed by atoms with van der Waals surface area (Å²) in [5.41, 5.74) is 1.10. The highest BCUT2D eigenvalue weighted by Crippen LogP contribution is 2.22. The second kappa shape index (κ2) is 5.18. The van der Waals surface area contributed by atoms with Crippen LogP contribution in [0.3, 0.4) is 0 Å². The number of amides is 1. The van der Waals surface area contributed by atoms with Gasteiger partial charge in [-0.25, -0.2) is 4.98 Å². The Bertz CT molecular complexity index is 587. The molecule has 0 spiro atoms. The number of phenols is 1. The molecule has 92 valence electrons. The minimum atomic E-state index is -0.194. The van der Waals surface area contributed by atoms with Gasteiger partial charge in [-0.15, -0.1) is 0 Å². The number of carbonyl (C=O) groups excluding carboxylic acids is 1. The topological polar surface area (TPSA) is 53.4 Å². The van der Waals surface area contributed by atoms with E-state index in [0.29, 0.717) is 15.9 Å². The summed E-state index contributed by atoms with van der Waals surface area (Å²) >= 11 is 3.24. The summed E-state index contributed by atoms with van der Waals surface area (Å²) in [6.45, 7) is 0. The maximum atomic E-state index is 12.3. The minimum absolute atomic E-state index is 0.123. The number of carbonyl (C=O) groups is 1. The van der Waals surface area contributed by atoms with Crippen LogP contribution in [0, 0.1) is 0 Å². The fourth-order valence-electron chi connectivity index (χ4n) is 1.55. The van der Waals surface area contributed by atoms with Crippen molar-refractivity contribution in [2.24, 2.45) is 0 Å². The zero-order valence-corrected chi connectivity index (χ0v) is 11.3. The lowest BCUT2D eigenvalue weighted by atomic mass is 10.2. The van der Waals surface area contributed by atoms with Gasteiger partial charge in [0.15, 0.2) is 0 Å². The summed E-state index contributed by atoms with van der Waals surface area (Å²) in [6.07, 6.45) is 1.61. The third-order valence-corrected chi connectivity index (χ3v) is 3.14. The fourth-order valence-corrected chi connectivity index (χ4v) is 1.97. The molecular weight excluding hydrogens is 296 g/mol. The van der Waals surface area contributed by atoms with E-state index in [1.165, 1.54) is 11.0 Å². The molecule has 0 bridgehead atoms. The number of halogens is 1. The number of nitrogens with zero attached hydrogens (tertiary/aromatic N) is 2. The van der Waals surface area contributed by atoms with E-state index in [9.17, 15) is 9.90 Å². The lowest BCUT2D eigenvalue weighted by Gasteiger charge is -2.17. The highest BCUT2D eigenvalue weighted by atomic mass is 79.9. The van der Waals surface area contributed by atoms with Crippen LogP contribution in [-0.4, -0.2) is 23.0 Å². The van der Waals surface area contributed by atoms with Crippen LogP contribution in [0.5, 0.6) is 5.75 Å². The van der Waals surface area contributed by atoms with Gasteiger partial charge >= 0.3 is 0 Å². The van der Waals surface area contributed by atoms with Gasteiger partial charge in [-0.1, -0.05) is 6.07 Å². The Morgan fingerprint density at radius 3 is 2.78 bits per heavy atom. The molecule has 0 saturated carbocycles. The second-order valence-corrected chi connectivity index (χ2v) is 4.48. The van der Waals surface area contributed by atoms with Crippen LogP contribution in [0.15, 0.2) is 47.2 Å². The van der Waals surface area contributed by atoms with E-state index < -0.39 is 0 Å². The van der Waals surface area contributed by atoms with E-state index in [1.54, 1.807) is 43.6 Å². The number of hydrogen-bond acceptors (Lipinski definition) is 3. The van der Waals surface area contributed by atoms with Crippen molar-refractivity contribution in [3.8, 4) is 5.75 Å². The van der Waals surface area contributed by atoms with Crippen molar-refractivity contribution in [2.75, 3.05) is 11.9 Å². The fraction of sp³-hybridized carbons (Fsp3) is 0.0769. The van der Waals surface area contributed by atoms with Crippen LogP contribution in [0.1, 0.15) is 10.4 Å². The molecule has 0 aliphatic carbocycles. The summed E-state index contributed by atoms with van der Waals surface area (Å²) in [7, 11) is 1.65. The summed E-state index contributed by atoms with van der Waals surface area (Å²) in [5, 5.41) is 9.41. The maximum Gasteiger partial charge on any atom is 0.260 e. The zero-order valence-electron chi connectivity index (χ0n) is 9.67. The molecule has 2 aromatic rings. The van der Waals surface area contributed by atoms with Crippen molar-refractivity contribution in [1.29, 1.82) is 0 Å². The van der Waals surface area contributed by atoms with Gasteiger partial charge in [0.25, 0.3) is 5.91 Å². The van der Waals surface area contributed by atoms with Gasteiger partial charge in [0.2, 0.25) is 0 Å². The minimum Gasteiger partial charge on any atom is -0.508 e. The van der Waals surface area contributed by atoms with E-state index >= 15 is 0 Å². The van der Waals surface area contributed by atoms with Gasteiger partial charge in [-0.3, -0.25) is 4.79 Å². The Morgan fingerprint density at radius 2 is 2.11 bits per heavy atom. The summed E-state index contributed by atoms with van der Waals surface area (Å²) in [4.78, 5) is 17.7. The van der Waals surface area contributed by atoms with Crippen molar-refractivity contribution >= 4 is 27.5 Å². The molecule has 4 nitrogen and oxygen atoms in total. The van der Waals surface area contributed by atoms with E-state index in [4.69, 9.17) is 0 Å². The van der Waals surface area contributed by atoms with Crippen molar-refractivity contribution in [2.45, 2.75) is 0 Å². The van der Waals surface area contributed by atoms with E-state index in [0.717, 1.165) is 0 Å². The SMILES string of the molecule is CN(C(=O)c1cccnc1Br)c1cccc(O)c1. The van der Waals surface area contributed by atoms with Crippen molar-refractivity contribution in [1.82, 2.24) is 4.98 Å². The molecule has 0 aliphatic heterocycles. The third kappa shape index (κ3) is 2.51. The molecule has 1 aromatic heterocycles. The van der Waals surface area contributed by atoms with Gasteiger partial charge < -0.3 is 10.0 Å². The molecule has 2 rings (SSSR count). The van der Waals surface area contributed by atoms with Crippen LogP contribution in [0.4, 0.5) is 5.69 Å². The first-order valence-electron chi connectivity index (χ1n) is 5.27.